The molecule has 2 N–H and O–H groups in total. The second kappa shape index (κ2) is 6.15. The van der Waals surface area contributed by atoms with E-state index >= 15 is 0 Å². The summed E-state index contributed by atoms with van der Waals surface area (Å²) < 4.78 is 5.66. The van der Waals surface area contributed by atoms with Crippen LogP contribution in [-0.2, 0) is 4.79 Å². The molecule has 2 aromatic rings. The quantitative estimate of drug-likeness (QED) is 0.893. The van der Waals surface area contributed by atoms with Gasteiger partial charge in [0.1, 0.15) is 18.4 Å². The molecule has 3 rings (SSSR count). The number of nitrogens with one attached hydrogen (secondary N) is 2. The molecular formula is C17H19N3O2. The topological polar surface area (TPSA) is 63.2 Å². The van der Waals surface area contributed by atoms with Crippen LogP contribution in [0.1, 0.15) is 23.0 Å². The first-order chi connectivity index (χ1) is 10.6. The van der Waals surface area contributed by atoms with Gasteiger partial charge in [-0.2, -0.15) is 0 Å². The first-order valence-electron chi connectivity index (χ1n) is 7.35. The highest BCUT2D eigenvalue weighted by molar-refractivity contribution is 5.96. The number of carbonyl (C=O) groups excluding carboxylic acids is 1. The molecule has 1 aromatic carbocycles. The number of para-hydroxylation sites is 1. The summed E-state index contributed by atoms with van der Waals surface area (Å²) in [5.41, 5.74) is 3.34. The summed E-state index contributed by atoms with van der Waals surface area (Å²) >= 11 is 0. The van der Waals surface area contributed by atoms with E-state index in [9.17, 15) is 4.79 Å². The Kier molecular flexibility index (Phi) is 4.06. The van der Waals surface area contributed by atoms with Crippen LogP contribution in [0.15, 0.2) is 36.4 Å². The summed E-state index contributed by atoms with van der Waals surface area (Å²) in [7, 11) is 0. The minimum atomic E-state index is -0.431. The smallest absolute Gasteiger partial charge is 0.246 e. The summed E-state index contributed by atoms with van der Waals surface area (Å²) in [5.74, 6) is 0.651. The van der Waals surface area contributed by atoms with E-state index in [1.165, 1.54) is 0 Å². The lowest BCUT2D eigenvalue weighted by atomic mass is 10.0. The molecule has 5 heteroatoms. The van der Waals surface area contributed by atoms with Crippen molar-refractivity contribution in [3.05, 3.63) is 53.3 Å². The van der Waals surface area contributed by atoms with Gasteiger partial charge in [-0.05, 0) is 32.0 Å². The molecule has 1 unspecified atom stereocenters. The molecule has 22 heavy (non-hydrogen) atoms. The highest BCUT2D eigenvalue weighted by Gasteiger charge is 2.25. The van der Waals surface area contributed by atoms with Gasteiger partial charge < -0.3 is 10.1 Å². The van der Waals surface area contributed by atoms with Crippen molar-refractivity contribution in [3.63, 3.8) is 0 Å². The number of ether oxygens (including phenoxy) is 1. The largest absolute Gasteiger partial charge is 0.492 e. The van der Waals surface area contributed by atoms with Crippen LogP contribution in [0.4, 0.5) is 5.69 Å². The average molecular weight is 297 g/mol. The maximum atomic E-state index is 12.7. The van der Waals surface area contributed by atoms with Gasteiger partial charge in [0.2, 0.25) is 5.91 Å². The Labute approximate surface area is 129 Å². The van der Waals surface area contributed by atoms with Crippen molar-refractivity contribution in [2.45, 2.75) is 19.9 Å². The molecular weight excluding hydrogens is 278 g/mol. The molecule has 5 nitrogen and oxygen atoms in total. The fraction of sp³-hybridized carbons (Fsp3) is 0.294. The van der Waals surface area contributed by atoms with Gasteiger partial charge in [0.15, 0.2) is 0 Å². The summed E-state index contributed by atoms with van der Waals surface area (Å²) in [6, 6.07) is 11.0. The fourth-order valence-electron chi connectivity index (χ4n) is 2.58. The van der Waals surface area contributed by atoms with Gasteiger partial charge in [-0.1, -0.05) is 18.2 Å². The molecule has 0 aliphatic carbocycles. The monoisotopic (exact) mass is 297 g/mol. The van der Waals surface area contributed by atoms with E-state index in [4.69, 9.17) is 4.74 Å². The van der Waals surface area contributed by atoms with E-state index in [-0.39, 0.29) is 5.91 Å². The van der Waals surface area contributed by atoms with Crippen molar-refractivity contribution in [2.24, 2.45) is 0 Å². The summed E-state index contributed by atoms with van der Waals surface area (Å²) in [6.45, 7) is 4.99. The maximum Gasteiger partial charge on any atom is 0.246 e. The summed E-state index contributed by atoms with van der Waals surface area (Å²) in [6.07, 6.45) is 0. The van der Waals surface area contributed by atoms with Crippen molar-refractivity contribution in [1.82, 2.24) is 10.3 Å². The second-order valence-corrected chi connectivity index (χ2v) is 5.35. The first-order valence-corrected chi connectivity index (χ1v) is 7.35. The molecule has 0 fully saturated rings. The van der Waals surface area contributed by atoms with Crippen LogP contribution in [0.2, 0.25) is 0 Å². The molecule has 1 amide bonds. The molecule has 1 aliphatic rings. The number of carbonyl (C=O) groups is 1. The minimum absolute atomic E-state index is 0.105. The molecule has 1 aromatic heterocycles. The van der Waals surface area contributed by atoms with Crippen LogP contribution in [0, 0.1) is 13.8 Å². The van der Waals surface area contributed by atoms with Gasteiger partial charge in [0.25, 0.3) is 0 Å². The highest BCUT2D eigenvalue weighted by atomic mass is 16.5. The number of hydrogen-bond donors (Lipinski definition) is 2. The number of aryl methyl sites for hydroxylation is 2. The van der Waals surface area contributed by atoms with Gasteiger partial charge in [0, 0.05) is 17.8 Å². The van der Waals surface area contributed by atoms with Gasteiger partial charge >= 0.3 is 0 Å². The lowest BCUT2D eigenvalue weighted by Gasteiger charge is -2.18. The first kappa shape index (κ1) is 14.5. The number of rotatable bonds is 2. The molecule has 2 heterocycles. The van der Waals surface area contributed by atoms with Crippen LogP contribution in [0.3, 0.4) is 0 Å². The Morgan fingerprint density at radius 2 is 2.09 bits per heavy atom. The molecule has 0 spiro atoms. The van der Waals surface area contributed by atoms with E-state index in [1.807, 2.05) is 50.2 Å². The predicted octanol–water partition coefficient (Wildman–Crippen LogP) is 2.36. The van der Waals surface area contributed by atoms with E-state index < -0.39 is 6.04 Å². The Hall–Kier alpha value is -2.40. The Morgan fingerprint density at radius 3 is 2.91 bits per heavy atom. The van der Waals surface area contributed by atoms with Crippen molar-refractivity contribution in [3.8, 4) is 5.75 Å². The van der Waals surface area contributed by atoms with E-state index in [2.05, 4.69) is 15.6 Å². The Morgan fingerprint density at radius 1 is 1.27 bits per heavy atom. The van der Waals surface area contributed by atoms with E-state index in [0.29, 0.717) is 13.2 Å². The number of anilines is 1. The van der Waals surface area contributed by atoms with E-state index in [0.717, 1.165) is 28.4 Å². The van der Waals surface area contributed by atoms with Crippen LogP contribution < -0.4 is 15.4 Å². The SMILES string of the molecule is Cc1ccc(NC(=O)C2NCCOc3ccccc32)c(C)n1. The maximum absolute atomic E-state index is 12.7. The highest BCUT2D eigenvalue weighted by Crippen LogP contribution is 2.28. The van der Waals surface area contributed by atoms with Crippen molar-refractivity contribution in [2.75, 3.05) is 18.5 Å². The van der Waals surface area contributed by atoms with Gasteiger partial charge in [0.05, 0.1) is 11.4 Å². The third-order valence-electron chi connectivity index (χ3n) is 3.68. The number of amides is 1. The molecule has 1 aliphatic heterocycles. The number of hydrogen-bond acceptors (Lipinski definition) is 4. The summed E-state index contributed by atoms with van der Waals surface area (Å²) in [4.78, 5) is 17.0. The molecule has 0 radical (unpaired) electrons. The number of benzene rings is 1. The Balaban J connectivity index is 1.85. The molecule has 1 atom stereocenters. The third kappa shape index (κ3) is 2.94. The zero-order valence-corrected chi connectivity index (χ0v) is 12.7. The van der Waals surface area contributed by atoms with Crippen LogP contribution in [0.5, 0.6) is 5.75 Å². The molecule has 0 saturated carbocycles. The normalized spacial score (nSPS) is 17.1. The lowest BCUT2D eigenvalue weighted by Crippen LogP contribution is -2.33. The summed E-state index contributed by atoms with van der Waals surface area (Å²) in [5, 5.41) is 6.19. The van der Waals surface area contributed by atoms with Crippen LogP contribution in [0.25, 0.3) is 0 Å². The minimum Gasteiger partial charge on any atom is -0.492 e. The standard InChI is InChI=1S/C17H19N3O2/c1-11-7-8-14(12(2)19-11)20-17(21)16-13-5-3-4-6-15(13)22-10-9-18-16/h3-8,16,18H,9-10H2,1-2H3,(H,20,21). The van der Waals surface area contributed by atoms with Crippen molar-refractivity contribution < 1.29 is 9.53 Å². The zero-order chi connectivity index (χ0) is 15.5. The molecule has 114 valence electrons. The van der Waals surface area contributed by atoms with Gasteiger partial charge in [-0.3, -0.25) is 15.1 Å². The number of aromatic nitrogens is 1. The van der Waals surface area contributed by atoms with Crippen LogP contribution >= 0.6 is 0 Å². The number of pyridine rings is 1. The number of nitrogens with zero attached hydrogens (tertiary/aromatic N) is 1. The molecule has 0 bridgehead atoms. The Bertz CT molecular complexity index is 700. The van der Waals surface area contributed by atoms with Crippen molar-refractivity contribution in [1.29, 1.82) is 0 Å². The zero-order valence-electron chi connectivity index (χ0n) is 12.7. The number of fused-ring (bicyclic) bond motifs is 1. The van der Waals surface area contributed by atoms with Crippen molar-refractivity contribution >= 4 is 11.6 Å². The van der Waals surface area contributed by atoms with Crippen LogP contribution in [-0.4, -0.2) is 24.0 Å². The van der Waals surface area contributed by atoms with Gasteiger partial charge in [-0.15, -0.1) is 0 Å². The second-order valence-electron chi connectivity index (χ2n) is 5.35. The average Bonchev–Trinajstić information content (AvgIpc) is 2.72. The van der Waals surface area contributed by atoms with Gasteiger partial charge in [-0.25, -0.2) is 0 Å². The predicted molar refractivity (Wildman–Crippen MR) is 85.0 cm³/mol. The molecule has 0 saturated heterocycles. The fourth-order valence-corrected chi connectivity index (χ4v) is 2.58. The lowest BCUT2D eigenvalue weighted by molar-refractivity contribution is -0.118. The third-order valence-corrected chi connectivity index (χ3v) is 3.68. The van der Waals surface area contributed by atoms with E-state index in [1.54, 1.807) is 0 Å².